The molecule has 1 aliphatic heterocycles. The maximum absolute atomic E-state index is 11.1. The van der Waals surface area contributed by atoms with Gasteiger partial charge >= 0.3 is 5.97 Å². The molecule has 0 aromatic rings. The minimum Gasteiger partial charge on any atom is -0.452 e. The summed E-state index contributed by atoms with van der Waals surface area (Å²) >= 11 is 0. The molecule has 1 heterocycles. The third kappa shape index (κ3) is 2.72. The topological polar surface area (TPSA) is 26.3 Å². The molecule has 0 bridgehead atoms. The van der Waals surface area contributed by atoms with Gasteiger partial charge in [-0.2, -0.15) is 0 Å². The second kappa shape index (κ2) is 3.99. The second-order valence-electron chi connectivity index (χ2n) is 4.42. The Hall–Kier alpha value is -1.05. The minimum absolute atomic E-state index is 0.206. The van der Waals surface area contributed by atoms with E-state index in [0.29, 0.717) is 0 Å². The number of hydrogen-bond donors (Lipinski definition) is 0. The van der Waals surface area contributed by atoms with E-state index in [0.717, 1.165) is 18.4 Å². The van der Waals surface area contributed by atoms with Crippen molar-refractivity contribution in [3.05, 3.63) is 23.3 Å². The molecule has 1 aliphatic rings. The molecule has 14 heavy (non-hydrogen) atoms. The molecule has 0 amide bonds. The molecule has 0 atom stereocenters. The van der Waals surface area contributed by atoms with Crippen LogP contribution < -0.4 is 0 Å². The van der Waals surface area contributed by atoms with E-state index in [1.54, 1.807) is 6.08 Å². The lowest BCUT2D eigenvalue weighted by atomic mass is 9.95. The number of allylic oxidation sites excluding steroid dienone is 2. The van der Waals surface area contributed by atoms with Crippen molar-refractivity contribution >= 4 is 5.97 Å². The highest BCUT2D eigenvalue weighted by atomic mass is 16.6. The molecule has 0 radical (unpaired) electrons. The minimum atomic E-state index is -0.396. The number of carbonyl (C=O) groups is 1. The maximum Gasteiger partial charge on any atom is 0.331 e. The van der Waals surface area contributed by atoms with Crippen molar-refractivity contribution in [1.29, 1.82) is 0 Å². The highest BCUT2D eigenvalue weighted by Gasteiger charge is 2.32. The molecule has 0 saturated heterocycles. The summed E-state index contributed by atoms with van der Waals surface area (Å²) in [5, 5.41) is 0. The fourth-order valence-corrected chi connectivity index (χ4v) is 1.55. The predicted octanol–water partition coefficient (Wildman–Crippen LogP) is 2.99. The van der Waals surface area contributed by atoms with Gasteiger partial charge in [-0.05, 0) is 46.1 Å². The third-order valence-electron chi connectivity index (χ3n) is 2.39. The number of carbonyl (C=O) groups excluding carboxylic acids is 1. The summed E-state index contributed by atoms with van der Waals surface area (Å²) in [7, 11) is 0. The van der Waals surface area contributed by atoms with Gasteiger partial charge in [0.25, 0.3) is 0 Å². The van der Waals surface area contributed by atoms with E-state index in [9.17, 15) is 4.79 Å². The van der Waals surface area contributed by atoms with Gasteiger partial charge in [-0.25, -0.2) is 4.79 Å². The smallest absolute Gasteiger partial charge is 0.331 e. The number of ether oxygens (including phenoxy) is 1. The van der Waals surface area contributed by atoms with E-state index in [2.05, 4.69) is 19.9 Å². The monoisotopic (exact) mass is 194 g/mol. The molecule has 78 valence electrons. The lowest BCUT2D eigenvalue weighted by Crippen LogP contribution is -2.23. The second-order valence-corrected chi connectivity index (χ2v) is 4.42. The number of rotatable bonds is 3. The fraction of sp³-hybridized carbons (Fsp3) is 0.583. The van der Waals surface area contributed by atoms with Gasteiger partial charge in [0, 0.05) is 6.08 Å². The van der Waals surface area contributed by atoms with Crippen LogP contribution in [-0.4, -0.2) is 11.6 Å². The number of cyclic esters (lactones) is 1. The highest BCUT2D eigenvalue weighted by molar-refractivity contribution is 5.86. The summed E-state index contributed by atoms with van der Waals surface area (Å²) in [5.74, 6) is -0.206. The number of hydrogen-bond acceptors (Lipinski definition) is 2. The van der Waals surface area contributed by atoms with Crippen molar-refractivity contribution < 1.29 is 9.53 Å². The van der Waals surface area contributed by atoms with Crippen LogP contribution in [0.4, 0.5) is 0 Å². The Balaban J connectivity index is 2.56. The lowest BCUT2D eigenvalue weighted by molar-refractivity contribution is -0.143. The lowest BCUT2D eigenvalue weighted by Gasteiger charge is -2.21. The van der Waals surface area contributed by atoms with Gasteiger partial charge in [-0.1, -0.05) is 11.6 Å². The molecule has 0 aliphatic carbocycles. The van der Waals surface area contributed by atoms with Crippen LogP contribution in [-0.2, 0) is 9.53 Å². The van der Waals surface area contributed by atoms with Gasteiger partial charge in [0.2, 0.25) is 0 Å². The molecule has 0 aromatic heterocycles. The van der Waals surface area contributed by atoms with Gasteiger partial charge < -0.3 is 4.74 Å². The van der Waals surface area contributed by atoms with Crippen LogP contribution >= 0.6 is 0 Å². The van der Waals surface area contributed by atoms with Crippen LogP contribution in [0.2, 0.25) is 0 Å². The summed E-state index contributed by atoms with van der Waals surface area (Å²) in [5.41, 5.74) is 2.01. The van der Waals surface area contributed by atoms with Crippen molar-refractivity contribution in [1.82, 2.24) is 0 Å². The van der Waals surface area contributed by atoms with E-state index < -0.39 is 5.60 Å². The van der Waals surface area contributed by atoms with Gasteiger partial charge in [-0.15, -0.1) is 0 Å². The van der Waals surface area contributed by atoms with E-state index in [1.165, 1.54) is 5.57 Å². The standard InChI is InChI=1S/C12H18O2/c1-9(2)6-5-7-10-8-11(13)14-12(10,3)4/h6,8H,5,7H2,1-4H3. The average molecular weight is 194 g/mol. The van der Waals surface area contributed by atoms with Gasteiger partial charge in [0.1, 0.15) is 5.60 Å². The molecule has 0 unspecified atom stereocenters. The van der Waals surface area contributed by atoms with Crippen molar-refractivity contribution in [3.8, 4) is 0 Å². The van der Waals surface area contributed by atoms with Gasteiger partial charge in [-0.3, -0.25) is 0 Å². The summed E-state index contributed by atoms with van der Waals surface area (Å²) in [6.45, 7) is 8.03. The fourth-order valence-electron chi connectivity index (χ4n) is 1.55. The van der Waals surface area contributed by atoms with E-state index >= 15 is 0 Å². The zero-order valence-electron chi connectivity index (χ0n) is 9.39. The molecular formula is C12H18O2. The first-order valence-electron chi connectivity index (χ1n) is 4.99. The summed E-state index contributed by atoms with van der Waals surface area (Å²) in [6, 6.07) is 0. The zero-order chi connectivity index (χ0) is 10.8. The van der Waals surface area contributed by atoms with Gasteiger partial charge in [0.05, 0.1) is 0 Å². The molecular weight excluding hydrogens is 176 g/mol. The van der Waals surface area contributed by atoms with Crippen molar-refractivity contribution in [2.75, 3.05) is 0 Å². The Morgan fingerprint density at radius 3 is 2.57 bits per heavy atom. The first kappa shape index (κ1) is 11.0. The third-order valence-corrected chi connectivity index (χ3v) is 2.39. The van der Waals surface area contributed by atoms with Crippen LogP contribution in [0.3, 0.4) is 0 Å². The highest BCUT2D eigenvalue weighted by Crippen LogP contribution is 2.30. The Kier molecular flexibility index (Phi) is 3.14. The quantitative estimate of drug-likeness (QED) is 0.510. The number of esters is 1. The van der Waals surface area contributed by atoms with E-state index in [1.807, 2.05) is 13.8 Å². The summed E-state index contributed by atoms with van der Waals surface area (Å²) in [6.07, 6.45) is 5.69. The van der Waals surface area contributed by atoms with Crippen molar-refractivity contribution in [3.63, 3.8) is 0 Å². The molecule has 0 aromatic carbocycles. The molecule has 0 N–H and O–H groups in total. The Morgan fingerprint density at radius 1 is 1.50 bits per heavy atom. The molecule has 2 heteroatoms. The molecule has 2 nitrogen and oxygen atoms in total. The van der Waals surface area contributed by atoms with Crippen molar-refractivity contribution in [2.45, 2.75) is 46.1 Å². The van der Waals surface area contributed by atoms with E-state index in [-0.39, 0.29) is 5.97 Å². The maximum atomic E-state index is 11.1. The summed E-state index contributed by atoms with van der Waals surface area (Å²) < 4.78 is 5.17. The molecule has 0 saturated carbocycles. The van der Waals surface area contributed by atoms with E-state index in [4.69, 9.17) is 4.74 Å². The van der Waals surface area contributed by atoms with Crippen molar-refractivity contribution in [2.24, 2.45) is 0 Å². The normalized spacial score (nSPS) is 18.9. The zero-order valence-corrected chi connectivity index (χ0v) is 9.39. The average Bonchev–Trinajstić information content (AvgIpc) is 2.24. The SMILES string of the molecule is CC(C)=CCCC1=CC(=O)OC1(C)C. The molecule has 0 fully saturated rings. The van der Waals surface area contributed by atoms with Crippen LogP contribution in [0.5, 0.6) is 0 Å². The first-order valence-corrected chi connectivity index (χ1v) is 4.99. The van der Waals surface area contributed by atoms with Crippen LogP contribution in [0.1, 0.15) is 40.5 Å². The predicted molar refractivity (Wildman–Crippen MR) is 56.9 cm³/mol. The Bertz CT molecular complexity index is 291. The Morgan fingerprint density at radius 2 is 2.14 bits per heavy atom. The first-order chi connectivity index (χ1) is 6.42. The molecule has 0 spiro atoms. The van der Waals surface area contributed by atoms with Gasteiger partial charge in [0.15, 0.2) is 0 Å². The van der Waals surface area contributed by atoms with Crippen LogP contribution in [0.15, 0.2) is 23.3 Å². The largest absolute Gasteiger partial charge is 0.452 e. The summed E-state index contributed by atoms with van der Waals surface area (Å²) in [4.78, 5) is 11.1. The molecule has 1 rings (SSSR count). The van der Waals surface area contributed by atoms with Crippen LogP contribution in [0.25, 0.3) is 0 Å². The van der Waals surface area contributed by atoms with Crippen LogP contribution in [0, 0.1) is 0 Å². The Labute approximate surface area is 85.6 Å².